The second-order valence-electron chi connectivity index (χ2n) is 6.59. The molecule has 26 heavy (non-hydrogen) atoms. The topological polar surface area (TPSA) is 113 Å². The van der Waals surface area contributed by atoms with Gasteiger partial charge in [-0.15, -0.1) is 0 Å². The van der Waals surface area contributed by atoms with Crippen molar-refractivity contribution in [2.45, 2.75) is 77.6 Å². The van der Waals surface area contributed by atoms with Gasteiger partial charge in [-0.2, -0.15) is 0 Å². The van der Waals surface area contributed by atoms with Crippen molar-refractivity contribution in [3.05, 3.63) is 0 Å². The molecule has 7 nitrogen and oxygen atoms in total. The van der Waals surface area contributed by atoms with Gasteiger partial charge in [-0.25, -0.2) is 0 Å². The van der Waals surface area contributed by atoms with Gasteiger partial charge >= 0.3 is 0 Å². The van der Waals surface area contributed by atoms with Crippen LogP contribution in [0, 0.1) is 0 Å². The highest BCUT2D eigenvalue weighted by Crippen LogP contribution is 2.01. The maximum Gasteiger partial charge on any atom is 0.239 e. The van der Waals surface area contributed by atoms with Crippen LogP contribution in [-0.2, 0) is 14.4 Å². The molecule has 0 aromatic heterocycles. The Labute approximate surface area is 158 Å². The minimum Gasteiger partial charge on any atom is -0.356 e. The molecule has 0 spiro atoms. The molecule has 0 rings (SSSR count). The highest BCUT2D eigenvalue weighted by atomic mass is 16.2. The Morgan fingerprint density at radius 1 is 0.654 bits per heavy atom. The molecule has 0 aliphatic carbocycles. The number of rotatable bonds is 17. The lowest BCUT2D eigenvalue weighted by Crippen LogP contribution is -2.37. The summed E-state index contributed by atoms with van der Waals surface area (Å²) in [5.74, 6) is -0.590. The quantitative estimate of drug-likeness (QED) is 0.291. The van der Waals surface area contributed by atoms with E-state index >= 15 is 0 Å². The third-order valence-electron chi connectivity index (χ3n) is 4.08. The highest BCUT2D eigenvalue weighted by Gasteiger charge is 2.08. The maximum absolute atomic E-state index is 11.7. The van der Waals surface area contributed by atoms with E-state index in [2.05, 4.69) is 22.9 Å². The fourth-order valence-corrected chi connectivity index (χ4v) is 2.45. The van der Waals surface area contributed by atoms with E-state index in [-0.39, 0.29) is 37.1 Å². The molecule has 0 radical (unpaired) electrons. The standard InChI is InChI=1S/C19H38N4O3/c1-2-3-4-6-9-15-22-19(26)16-23-18(25)12-11-17(24)21-14-10-7-5-8-13-20/h2-16,20H2,1H3,(H,21,24)(H,22,26)(H,23,25). The maximum atomic E-state index is 11.7. The molecule has 7 heteroatoms. The van der Waals surface area contributed by atoms with Crippen LogP contribution in [-0.4, -0.2) is 43.9 Å². The van der Waals surface area contributed by atoms with Gasteiger partial charge in [0.05, 0.1) is 6.54 Å². The Kier molecular flexibility index (Phi) is 17.0. The summed E-state index contributed by atoms with van der Waals surface area (Å²) < 4.78 is 0. The number of nitrogens with one attached hydrogen (secondary N) is 3. The van der Waals surface area contributed by atoms with Crippen LogP contribution in [0.5, 0.6) is 0 Å². The first kappa shape index (κ1) is 24.4. The predicted octanol–water partition coefficient (Wildman–Crippen LogP) is 1.60. The van der Waals surface area contributed by atoms with Crippen LogP contribution in [0.2, 0.25) is 0 Å². The Morgan fingerprint density at radius 2 is 1.15 bits per heavy atom. The SMILES string of the molecule is CCCCCCCNC(=O)CNC(=O)CCC(=O)NCCCCCCN. The van der Waals surface area contributed by atoms with E-state index in [0.29, 0.717) is 19.6 Å². The average Bonchev–Trinajstić information content (AvgIpc) is 2.64. The summed E-state index contributed by atoms with van der Waals surface area (Å²) in [5.41, 5.74) is 5.42. The number of unbranched alkanes of at least 4 members (excludes halogenated alkanes) is 7. The number of hydrogen-bond acceptors (Lipinski definition) is 4. The predicted molar refractivity (Wildman–Crippen MR) is 105 cm³/mol. The van der Waals surface area contributed by atoms with E-state index in [4.69, 9.17) is 5.73 Å². The first-order chi connectivity index (χ1) is 12.6. The summed E-state index contributed by atoms with van der Waals surface area (Å²) in [6, 6.07) is 0. The first-order valence-electron chi connectivity index (χ1n) is 10.1. The highest BCUT2D eigenvalue weighted by molar-refractivity contribution is 5.87. The zero-order valence-corrected chi connectivity index (χ0v) is 16.4. The van der Waals surface area contributed by atoms with Crippen LogP contribution in [0.25, 0.3) is 0 Å². The summed E-state index contributed by atoms with van der Waals surface area (Å²) in [6.45, 7) is 4.12. The van der Waals surface area contributed by atoms with Crippen LogP contribution in [0.15, 0.2) is 0 Å². The summed E-state index contributed by atoms with van der Waals surface area (Å²) in [4.78, 5) is 34.9. The zero-order chi connectivity index (χ0) is 19.5. The van der Waals surface area contributed by atoms with Gasteiger partial charge in [-0.05, 0) is 25.8 Å². The van der Waals surface area contributed by atoms with E-state index in [9.17, 15) is 14.4 Å². The van der Waals surface area contributed by atoms with Gasteiger partial charge in [0, 0.05) is 25.9 Å². The van der Waals surface area contributed by atoms with Crippen molar-refractivity contribution < 1.29 is 14.4 Å². The molecule has 0 fully saturated rings. The monoisotopic (exact) mass is 370 g/mol. The second kappa shape index (κ2) is 18.2. The third-order valence-corrected chi connectivity index (χ3v) is 4.08. The van der Waals surface area contributed by atoms with Gasteiger partial charge in [0.1, 0.15) is 0 Å². The van der Waals surface area contributed by atoms with Gasteiger partial charge in [-0.1, -0.05) is 45.4 Å². The second-order valence-corrected chi connectivity index (χ2v) is 6.59. The molecule has 0 atom stereocenters. The van der Waals surface area contributed by atoms with Gasteiger partial charge in [-0.3, -0.25) is 14.4 Å². The third kappa shape index (κ3) is 17.2. The minimum atomic E-state index is -0.277. The van der Waals surface area contributed by atoms with Crippen LogP contribution >= 0.6 is 0 Å². The summed E-state index contributed by atoms with van der Waals surface area (Å²) in [5, 5.41) is 8.13. The van der Waals surface area contributed by atoms with E-state index in [1.165, 1.54) is 19.3 Å². The lowest BCUT2D eigenvalue weighted by Gasteiger charge is -2.07. The number of carbonyl (C=O) groups excluding carboxylic acids is 3. The molecule has 0 bridgehead atoms. The van der Waals surface area contributed by atoms with Crippen molar-refractivity contribution in [1.29, 1.82) is 0 Å². The molecule has 5 N–H and O–H groups in total. The lowest BCUT2D eigenvalue weighted by molar-refractivity contribution is -0.128. The van der Waals surface area contributed by atoms with E-state index in [1.807, 2.05) is 0 Å². The van der Waals surface area contributed by atoms with Gasteiger partial charge in [0.15, 0.2) is 0 Å². The first-order valence-corrected chi connectivity index (χ1v) is 10.1. The Hall–Kier alpha value is -1.63. The molecule has 0 aromatic carbocycles. The molecule has 0 saturated carbocycles. The normalized spacial score (nSPS) is 10.4. The smallest absolute Gasteiger partial charge is 0.239 e. The number of carbonyl (C=O) groups is 3. The van der Waals surface area contributed by atoms with E-state index in [1.54, 1.807) is 0 Å². The van der Waals surface area contributed by atoms with Crippen LogP contribution in [0.1, 0.15) is 77.6 Å². The van der Waals surface area contributed by atoms with Crippen molar-refractivity contribution in [2.24, 2.45) is 5.73 Å². The number of amides is 3. The summed E-state index contributed by atoms with van der Waals surface area (Å²) >= 11 is 0. The van der Waals surface area contributed by atoms with Gasteiger partial charge in [0.2, 0.25) is 17.7 Å². The van der Waals surface area contributed by atoms with Gasteiger partial charge < -0.3 is 21.7 Å². The zero-order valence-electron chi connectivity index (χ0n) is 16.4. The van der Waals surface area contributed by atoms with Crippen LogP contribution in [0.4, 0.5) is 0 Å². The van der Waals surface area contributed by atoms with E-state index in [0.717, 1.165) is 38.5 Å². The van der Waals surface area contributed by atoms with Crippen molar-refractivity contribution >= 4 is 17.7 Å². The summed E-state index contributed by atoms with van der Waals surface area (Å²) in [7, 11) is 0. The molecule has 0 saturated heterocycles. The molecular formula is C19H38N4O3. The molecule has 0 aliphatic heterocycles. The Morgan fingerprint density at radius 3 is 1.73 bits per heavy atom. The van der Waals surface area contributed by atoms with Crippen molar-refractivity contribution in [2.75, 3.05) is 26.2 Å². The largest absolute Gasteiger partial charge is 0.356 e. The molecule has 3 amide bonds. The van der Waals surface area contributed by atoms with Crippen molar-refractivity contribution in [3.63, 3.8) is 0 Å². The number of hydrogen-bond donors (Lipinski definition) is 4. The molecule has 0 aromatic rings. The number of nitrogens with two attached hydrogens (primary N) is 1. The Balaban J connectivity index is 3.51. The molecule has 0 heterocycles. The molecular weight excluding hydrogens is 332 g/mol. The van der Waals surface area contributed by atoms with Gasteiger partial charge in [0.25, 0.3) is 0 Å². The fraction of sp³-hybridized carbons (Fsp3) is 0.842. The van der Waals surface area contributed by atoms with Crippen molar-refractivity contribution in [1.82, 2.24) is 16.0 Å². The Bertz CT molecular complexity index is 355. The van der Waals surface area contributed by atoms with Crippen LogP contribution < -0.4 is 21.7 Å². The van der Waals surface area contributed by atoms with E-state index < -0.39 is 0 Å². The van der Waals surface area contributed by atoms with Crippen LogP contribution in [0.3, 0.4) is 0 Å². The lowest BCUT2D eigenvalue weighted by atomic mass is 10.1. The van der Waals surface area contributed by atoms with Crippen molar-refractivity contribution in [3.8, 4) is 0 Å². The molecule has 0 unspecified atom stereocenters. The molecule has 152 valence electrons. The minimum absolute atomic E-state index is 0.0312. The average molecular weight is 371 g/mol. The fourth-order valence-electron chi connectivity index (χ4n) is 2.45. The molecule has 0 aliphatic rings. The summed E-state index contributed by atoms with van der Waals surface area (Å²) in [6.07, 6.45) is 10.0.